The van der Waals surface area contributed by atoms with Gasteiger partial charge < -0.3 is 15.3 Å². The van der Waals surface area contributed by atoms with E-state index >= 15 is 0 Å². The maximum atomic E-state index is 12.9. The van der Waals surface area contributed by atoms with E-state index in [1.165, 1.54) is 37.1 Å². The van der Waals surface area contributed by atoms with Gasteiger partial charge in [0.1, 0.15) is 0 Å². The second kappa shape index (κ2) is 22.1. The molecule has 2 unspecified atom stereocenters. The van der Waals surface area contributed by atoms with E-state index < -0.39 is 5.97 Å². The van der Waals surface area contributed by atoms with Crippen molar-refractivity contribution in [3.8, 4) is 11.6 Å². The van der Waals surface area contributed by atoms with Crippen LogP contribution < -0.4 is 5.32 Å². The van der Waals surface area contributed by atoms with Crippen molar-refractivity contribution >= 4 is 23.2 Å². The van der Waals surface area contributed by atoms with Crippen LogP contribution in [0.1, 0.15) is 89.8 Å². The predicted molar refractivity (Wildman–Crippen MR) is 261 cm³/mol. The molecule has 0 radical (unpaired) electrons. The Morgan fingerprint density at radius 1 is 0.618 bits per heavy atom. The highest BCUT2D eigenvalue weighted by Gasteiger charge is 2.27. The molecule has 356 valence electrons. The molecule has 0 aliphatic carbocycles. The van der Waals surface area contributed by atoms with Crippen LogP contribution in [0.3, 0.4) is 0 Å². The quantitative estimate of drug-likeness (QED) is 0.128. The molecule has 1 amide bonds. The van der Waals surface area contributed by atoms with Gasteiger partial charge >= 0.3 is 5.97 Å². The summed E-state index contributed by atoms with van der Waals surface area (Å²) in [6.07, 6.45) is 6.44. The van der Waals surface area contributed by atoms with Gasteiger partial charge in [-0.1, -0.05) is 68.1 Å². The number of hydrogen-bond donors (Lipinski definition) is 2. The Labute approximate surface area is 397 Å². The number of nitrogens with one attached hydrogen (secondary N) is 1. The van der Waals surface area contributed by atoms with E-state index in [4.69, 9.17) is 10.2 Å². The van der Waals surface area contributed by atoms with Crippen LogP contribution in [0.15, 0.2) is 84.9 Å². The summed E-state index contributed by atoms with van der Waals surface area (Å²) in [4.78, 5) is 25.7. The fourth-order valence-electron chi connectivity index (χ4n) is 9.15. The molecule has 8 aromatic rings. The molecule has 0 bridgehead atoms. The molecule has 17 heteroatoms. The molecule has 6 aromatic heterocycles. The third-order valence-electron chi connectivity index (χ3n) is 12.8. The number of rotatable bonds is 12. The summed E-state index contributed by atoms with van der Waals surface area (Å²) in [6, 6.07) is 28.8. The number of carbonyl (C=O) groups excluding carboxylic acids is 1. The Balaban J connectivity index is 0.000000168. The number of benzene rings is 2. The van der Waals surface area contributed by atoms with E-state index in [1.807, 2.05) is 81.5 Å². The molecule has 17 nitrogen and oxygen atoms in total. The zero-order chi connectivity index (χ0) is 47.0. The molecule has 2 aromatic carbocycles. The lowest BCUT2D eigenvalue weighted by molar-refractivity contribution is -0.137. The van der Waals surface area contributed by atoms with Gasteiger partial charge in [-0.15, -0.1) is 30.6 Å². The van der Waals surface area contributed by atoms with Crippen LogP contribution in [0.2, 0.25) is 0 Å². The molecule has 10 rings (SSSR count). The molecular weight excluding hydrogens is 857 g/mol. The summed E-state index contributed by atoms with van der Waals surface area (Å²) >= 11 is 0. The van der Waals surface area contributed by atoms with Crippen molar-refractivity contribution in [2.75, 3.05) is 26.2 Å². The number of carboxylic acid groups (broad SMARTS) is 1. The lowest BCUT2D eigenvalue weighted by Gasteiger charge is -2.17. The first-order valence-corrected chi connectivity index (χ1v) is 23.2. The van der Waals surface area contributed by atoms with Crippen molar-refractivity contribution < 1.29 is 14.7 Å². The van der Waals surface area contributed by atoms with E-state index in [9.17, 15) is 9.59 Å². The maximum Gasteiger partial charge on any atom is 0.303 e. The number of fused-ring (bicyclic) bond motifs is 2. The van der Waals surface area contributed by atoms with Crippen LogP contribution in [-0.4, -0.2) is 107 Å². The molecule has 2 fully saturated rings. The monoisotopic (exact) mass is 921 g/mol. The first-order chi connectivity index (χ1) is 32.4. The Morgan fingerprint density at radius 2 is 1.12 bits per heavy atom. The van der Waals surface area contributed by atoms with Gasteiger partial charge in [0.2, 0.25) is 5.91 Å². The average molecular weight is 921 g/mol. The van der Waals surface area contributed by atoms with E-state index in [1.54, 1.807) is 13.7 Å². The molecule has 2 aliphatic rings. The highest BCUT2D eigenvalue weighted by Crippen LogP contribution is 2.24. The Bertz CT molecular complexity index is 2950. The normalized spacial score (nSPS) is 15.5. The van der Waals surface area contributed by atoms with Crippen molar-refractivity contribution in [1.29, 1.82) is 0 Å². The molecule has 8 heterocycles. The summed E-state index contributed by atoms with van der Waals surface area (Å²) in [6.45, 7) is 15.7. The Morgan fingerprint density at radius 3 is 1.60 bits per heavy atom. The summed E-state index contributed by atoms with van der Waals surface area (Å²) in [7, 11) is 0. The molecule has 2 saturated heterocycles. The lowest BCUT2D eigenvalue weighted by Crippen LogP contribution is -2.29. The SMILES string of the molecule is C.Cc1nn(-c2ccc3nnc(C)n3n2)c(C)c1CCC(=O)N1CCC(Cc2ccccc2)C1.Cc1nn(-c2ccc3nnc(C)n3n2)c(C)c1CCC(=O)O.c1ccc(CC2CCNC2)cc1. The average Bonchev–Trinajstić information content (AvgIpc) is 4.22. The maximum absolute atomic E-state index is 12.9. The lowest BCUT2D eigenvalue weighted by atomic mass is 9.99. The number of carboxylic acids is 1. The van der Waals surface area contributed by atoms with Gasteiger partial charge in [-0.2, -0.15) is 19.2 Å². The molecule has 68 heavy (non-hydrogen) atoms. The predicted octanol–water partition coefficient (Wildman–Crippen LogP) is 6.99. The van der Waals surface area contributed by atoms with Gasteiger partial charge in [0.15, 0.2) is 34.6 Å². The number of likely N-dealkylation sites (tertiary alicyclic amines) is 1. The molecule has 2 atom stereocenters. The second-order valence-corrected chi connectivity index (χ2v) is 17.7. The topological polar surface area (TPSA) is 191 Å². The largest absolute Gasteiger partial charge is 0.481 e. The minimum atomic E-state index is -0.814. The fourth-order valence-corrected chi connectivity index (χ4v) is 9.15. The van der Waals surface area contributed by atoms with Crippen LogP contribution >= 0.6 is 0 Å². The van der Waals surface area contributed by atoms with Crippen molar-refractivity contribution in [2.24, 2.45) is 11.8 Å². The molecule has 2 aliphatic heterocycles. The van der Waals surface area contributed by atoms with E-state index in [-0.39, 0.29) is 19.8 Å². The zero-order valence-corrected chi connectivity index (χ0v) is 39.3. The molecule has 0 saturated carbocycles. The van der Waals surface area contributed by atoms with Crippen molar-refractivity contribution in [3.05, 3.63) is 142 Å². The highest BCUT2D eigenvalue weighted by molar-refractivity contribution is 5.76. The standard InChI is InChI=1S/C25H29N7O.C14H16N6O2.C11H15N.CH4/c1-17-22(18(2)31(28-17)24-11-10-23-27-26-19(3)32(23)29-24)9-12-25(33)30-14-13-21(16-30)15-20-7-5-4-6-8-20;1-8-11(4-7-14(21)22)9(2)19(17-8)13-6-5-12-16-15-10(3)20(12)18-13;1-2-4-10(5-3-1)8-11-6-7-12-9-11;/h4-8,10-11,21H,9,12-16H2,1-3H3;5-6H,4,7H2,1-3H3,(H,21,22);1-5,11-12H,6-9H2;1H4. The third-order valence-corrected chi connectivity index (χ3v) is 12.8. The number of amides is 1. The van der Waals surface area contributed by atoms with Crippen LogP contribution in [0.5, 0.6) is 0 Å². The molecule has 2 N–H and O–H groups in total. The van der Waals surface area contributed by atoms with Gasteiger partial charge in [-0.3, -0.25) is 9.59 Å². The van der Waals surface area contributed by atoms with Crippen LogP contribution in [0.25, 0.3) is 22.9 Å². The summed E-state index contributed by atoms with van der Waals surface area (Å²) in [5, 5.41) is 46.7. The van der Waals surface area contributed by atoms with Crippen molar-refractivity contribution in [3.63, 3.8) is 0 Å². The van der Waals surface area contributed by atoms with Crippen molar-refractivity contribution in [1.82, 2.24) is 69.4 Å². The molecular formula is C51H64N14O3. The van der Waals surface area contributed by atoms with Crippen LogP contribution in [0, 0.1) is 53.4 Å². The fraction of sp³-hybridized carbons (Fsp3) is 0.412. The number of aromatic nitrogens is 12. The van der Waals surface area contributed by atoms with Gasteiger partial charge in [-0.05, 0) is 152 Å². The first-order valence-electron chi connectivity index (χ1n) is 23.2. The summed E-state index contributed by atoms with van der Waals surface area (Å²) in [5.74, 6) is 3.63. The number of aryl methyl sites for hydroxylation is 4. The smallest absolute Gasteiger partial charge is 0.303 e. The second-order valence-electron chi connectivity index (χ2n) is 17.7. The van der Waals surface area contributed by atoms with E-state index in [2.05, 4.69) is 95.6 Å². The van der Waals surface area contributed by atoms with E-state index in [0.29, 0.717) is 53.9 Å². The van der Waals surface area contributed by atoms with Gasteiger partial charge in [0, 0.05) is 37.3 Å². The number of nitrogens with zero attached hydrogens (tertiary/aromatic N) is 13. The summed E-state index contributed by atoms with van der Waals surface area (Å²) < 4.78 is 6.95. The third kappa shape index (κ3) is 11.5. The number of hydrogen-bond acceptors (Lipinski definition) is 11. The minimum Gasteiger partial charge on any atom is -0.481 e. The first kappa shape index (κ1) is 48.8. The molecule has 0 spiro atoms. The van der Waals surface area contributed by atoms with Gasteiger partial charge in [0.05, 0.1) is 11.4 Å². The Kier molecular flexibility index (Phi) is 15.9. The van der Waals surface area contributed by atoms with E-state index in [0.717, 1.165) is 71.6 Å². The number of aliphatic carboxylic acids is 1. The minimum absolute atomic E-state index is 0. The van der Waals surface area contributed by atoms with Crippen LogP contribution in [0.4, 0.5) is 0 Å². The summed E-state index contributed by atoms with van der Waals surface area (Å²) in [5.41, 5.74) is 9.95. The number of carbonyl (C=O) groups is 2. The van der Waals surface area contributed by atoms with Crippen LogP contribution in [-0.2, 0) is 35.3 Å². The van der Waals surface area contributed by atoms with Gasteiger partial charge in [0.25, 0.3) is 0 Å². The highest BCUT2D eigenvalue weighted by atomic mass is 16.4. The Hall–Kier alpha value is -7.14. The van der Waals surface area contributed by atoms with Crippen molar-refractivity contribution in [2.45, 2.75) is 100 Å². The van der Waals surface area contributed by atoms with Gasteiger partial charge in [-0.25, -0.2) is 9.36 Å². The zero-order valence-electron chi connectivity index (χ0n) is 39.3.